The molecule has 0 bridgehead atoms. The normalized spacial score (nSPS) is 17.0. The van der Waals surface area contributed by atoms with E-state index >= 15 is 0 Å². The van der Waals surface area contributed by atoms with Crippen LogP contribution in [-0.4, -0.2) is 23.2 Å². The van der Waals surface area contributed by atoms with Crippen molar-refractivity contribution in [2.75, 3.05) is 0 Å². The van der Waals surface area contributed by atoms with E-state index in [-0.39, 0.29) is 0 Å². The van der Waals surface area contributed by atoms with Crippen LogP contribution in [0.15, 0.2) is 22.7 Å². The molecule has 2 rings (SSSR count). The highest BCUT2D eigenvalue weighted by molar-refractivity contribution is 9.10. The first-order chi connectivity index (χ1) is 8.56. The number of rotatable bonds is 5. The largest absolute Gasteiger partial charge is 0.489 e. The van der Waals surface area contributed by atoms with Crippen molar-refractivity contribution in [1.29, 1.82) is 0 Å². The third-order valence-corrected chi connectivity index (χ3v) is 3.73. The lowest BCUT2D eigenvalue weighted by molar-refractivity contribution is -0.138. The van der Waals surface area contributed by atoms with Crippen LogP contribution in [0.5, 0.6) is 5.75 Å². The zero-order valence-electron chi connectivity index (χ0n) is 9.93. The van der Waals surface area contributed by atoms with E-state index < -0.39 is 12.0 Å². The number of halogens is 1. The predicted molar refractivity (Wildman–Crippen MR) is 71.7 cm³/mol. The number of hydrogen-bond acceptors (Lipinski definition) is 3. The Balaban J connectivity index is 2.01. The summed E-state index contributed by atoms with van der Waals surface area (Å²) in [4.78, 5) is 10.7. The standard InChI is InChI=1S/C13H16BrNO3/c14-10-6-8(7-11(15)13(16)17)4-5-12(10)18-9-2-1-3-9/h4-6,9,11H,1-3,7,15H2,(H,16,17). The number of ether oxygens (including phenoxy) is 1. The Morgan fingerprint density at radius 1 is 1.56 bits per heavy atom. The van der Waals surface area contributed by atoms with Crippen LogP contribution in [0.3, 0.4) is 0 Å². The fourth-order valence-corrected chi connectivity index (χ4v) is 2.30. The van der Waals surface area contributed by atoms with E-state index in [1.54, 1.807) is 0 Å². The Kier molecular flexibility index (Phi) is 4.24. The maximum Gasteiger partial charge on any atom is 0.320 e. The number of carboxylic acid groups (broad SMARTS) is 1. The molecule has 1 fully saturated rings. The molecule has 1 aliphatic carbocycles. The van der Waals surface area contributed by atoms with Crippen molar-refractivity contribution in [1.82, 2.24) is 0 Å². The van der Waals surface area contributed by atoms with Crippen molar-refractivity contribution in [2.24, 2.45) is 5.73 Å². The summed E-state index contributed by atoms with van der Waals surface area (Å²) in [6, 6.07) is 4.74. The van der Waals surface area contributed by atoms with Gasteiger partial charge in [0.1, 0.15) is 11.8 Å². The molecule has 0 aromatic heterocycles. The monoisotopic (exact) mass is 313 g/mol. The van der Waals surface area contributed by atoms with E-state index in [9.17, 15) is 4.79 Å². The lowest BCUT2D eigenvalue weighted by Gasteiger charge is -2.27. The van der Waals surface area contributed by atoms with Crippen LogP contribution >= 0.6 is 15.9 Å². The highest BCUT2D eigenvalue weighted by Gasteiger charge is 2.20. The number of carboxylic acids is 1. The summed E-state index contributed by atoms with van der Waals surface area (Å²) in [5.41, 5.74) is 6.39. The molecule has 4 nitrogen and oxygen atoms in total. The van der Waals surface area contributed by atoms with Gasteiger partial charge in [0.15, 0.2) is 0 Å². The molecule has 1 unspecified atom stereocenters. The summed E-state index contributed by atoms with van der Waals surface area (Å²) in [7, 11) is 0. The SMILES string of the molecule is NC(Cc1ccc(OC2CCC2)c(Br)c1)C(=O)O. The number of benzene rings is 1. The summed E-state index contributed by atoms with van der Waals surface area (Å²) in [5.74, 6) is -0.173. The van der Waals surface area contributed by atoms with Gasteiger partial charge in [-0.15, -0.1) is 0 Å². The molecule has 5 heteroatoms. The molecule has 0 spiro atoms. The highest BCUT2D eigenvalue weighted by atomic mass is 79.9. The zero-order chi connectivity index (χ0) is 13.1. The van der Waals surface area contributed by atoms with Gasteiger partial charge in [0.05, 0.1) is 10.6 Å². The lowest BCUT2D eigenvalue weighted by Crippen LogP contribution is -2.32. The van der Waals surface area contributed by atoms with Crippen LogP contribution in [-0.2, 0) is 11.2 Å². The smallest absolute Gasteiger partial charge is 0.320 e. The van der Waals surface area contributed by atoms with E-state index in [4.69, 9.17) is 15.6 Å². The molecule has 0 heterocycles. The zero-order valence-corrected chi connectivity index (χ0v) is 11.5. The molecule has 0 radical (unpaired) electrons. The van der Waals surface area contributed by atoms with Crippen molar-refractivity contribution < 1.29 is 14.6 Å². The van der Waals surface area contributed by atoms with E-state index in [0.717, 1.165) is 28.6 Å². The molecule has 1 atom stereocenters. The van der Waals surface area contributed by atoms with E-state index in [0.29, 0.717) is 12.5 Å². The average molecular weight is 314 g/mol. The van der Waals surface area contributed by atoms with Gasteiger partial charge in [-0.3, -0.25) is 4.79 Å². The number of nitrogens with two attached hydrogens (primary N) is 1. The van der Waals surface area contributed by atoms with Gasteiger partial charge in [0, 0.05) is 0 Å². The molecule has 1 saturated carbocycles. The molecule has 18 heavy (non-hydrogen) atoms. The van der Waals surface area contributed by atoms with Gasteiger partial charge in [-0.2, -0.15) is 0 Å². The quantitative estimate of drug-likeness (QED) is 0.875. The van der Waals surface area contributed by atoms with Gasteiger partial charge in [-0.1, -0.05) is 6.07 Å². The van der Waals surface area contributed by atoms with Gasteiger partial charge < -0.3 is 15.6 Å². The summed E-state index contributed by atoms with van der Waals surface area (Å²) in [6.45, 7) is 0. The highest BCUT2D eigenvalue weighted by Crippen LogP contribution is 2.31. The van der Waals surface area contributed by atoms with Crippen LogP contribution in [0.1, 0.15) is 24.8 Å². The Morgan fingerprint density at radius 2 is 2.28 bits per heavy atom. The average Bonchev–Trinajstić information content (AvgIpc) is 2.25. The third-order valence-electron chi connectivity index (χ3n) is 3.11. The molecule has 1 aromatic carbocycles. The predicted octanol–water partition coefficient (Wildman–Crippen LogP) is 2.33. The molecule has 0 saturated heterocycles. The van der Waals surface area contributed by atoms with Crippen molar-refractivity contribution in [3.05, 3.63) is 28.2 Å². The number of carbonyl (C=O) groups is 1. The van der Waals surface area contributed by atoms with Crippen molar-refractivity contribution >= 4 is 21.9 Å². The van der Waals surface area contributed by atoms with Gasteiger partial charge in [-0.25, -0.2) is 0 Å². The Morgan fingerprint density at radius 3 is 2.78 bits per heavy atom. The molecule has 0 amide bonds. The first-order valence-corrected chi connectivity index (χ1v) is 6.79. The Hall–Kier alpha value is -1.07. The van der Waals surface area contributed by atoms with Crippen molar-refractivity contribution in [3.63, 3.8) is 0 Å². The molecule has 1 aromatic rings. The van der Waals surface area contributed by atoms with Crippen LogP contribution in [0.2, 0.25) is 0 Å². The first-order valence-electron chi connectivity index (χ1n) is 5.99. The minimum atomic E-state index is -0.985. The third kappa shape index (κ3) is 3.23. The van der Waals surface area contributed by atoms with Gasteiger partial charge >= 0.3 is 5.97 Å². The van der Waals surface area contributed by atoms with Crippen LogP contribution in [0.4, 0.5) is 0 Å². The van der Waals surface area contributed by atoms with E-state index in [1.807, 2.05) is 18.2 Å². The maximum absolute atomic E-state index is 10.7. The van der Waals surface area contributed by atoms with Crippen molar-refractivity contribution in [3.8, 4) is 5.75 Å². The van der Waals surface area contributed by atoms with Gasteiger partial charge in [-0.05, 0) is 59.3 Å². The lowest BCUT2D eigenvalue weighted by atomic mass is 9.96. The Bertz CT molecular complexity index is 446. The Labute approximate surface area is 114 Å². The number of hydrogen-bond donors (Lipinski definition) is 2. The van der Waals surface area contributed by atoms with Crippen molar-refractivity contribution in [2.45, 2.75) is 37.8 Å². The second-order valence-corrected chi connectivity index (χ2v) is 5.44. The molecule has 0 aliphatic heterocycles. The summed E-state index contributed by atoms with van der Waals surface area (Å²) >= 11 is 3.44. The van der Waals surface area contributed by atoms with E-state index in [2.05, 4.69) is 15.9 Å². The summed E-state index contributed by atoms with van der Waals surface area (Å²) in [5, 5.41) is 8.76. The second kappa shape index (κ2) is 5.71. The minimum Gasteiger partial charge on any atom is -0.489 e. The molecule has 3 N–H and O–H groups in total. The fraction of sp³-hybridized carbons (Fsp3) is 0.462. The first kappa shape index (κ1) is 13.4. The maximum atomic E-state index is 10.7. The topological polar surface area (TPSA) is 72.5 Å². The minimum absolute atomic E-state index is 0.317. The van der Waals surface area contributed by atoms with Crippen LogP contribution in [0, 0.1) is 0 Å². The molecular weight excluding hydrogens is 298 g/mol. The van der Waals surface area contributed by atoms with Crippen LogP contribution in [0.25, 0.3) is 0 Å². The molecular formula is C13H16BrNO3. The van der Waals surface area contributed by atoms with Gasteiger partial charge in [0.2, 0.25) is 0 Å². The van der Waals surface area contributed by atoms with E-state index in [1.165, 1.54) is 6.42 Å². The van der Waals surface area contributed by atoms with Gasteiger partial charge in [0.25, 0.3) is 0 Å². The van der Waals surface area contributed by atoms with Crippen LogP contribution < -0.4 is 10.5 Å². The number of aliphatic carboxylic acids is 1. The summed E-state index contributed by atoms with van der Waals surface area (Å²) in [6.07, 6.45) is 4.09. The summed E-state index contributed by atoms with van der Waals surface area (Å²) < 4.78 is 6.65. The molecule has 1 aliphatic rings. The second-order valence-electron chi connectivity index (χ2n) is 4.58. The fourth-order valence-electron chi connectivity index (χ4n) is 1.78. The molecule has 98 valence electrons.